The Hall–Kier alpha value is -3.35. The highest BCUT2D eigenvalue weighted by molar-refractivity contribution is 5.84. The summed E-state index contributed by atoms with van der Waals surface area (Å²) in [5, 5.41) is 14.6. The Morgan fingerprint density at radius 2 is 1.65 bits per heavy atom. The fraction of sp³-hybridized carbons (Fsp3) is 0.375. The van der Waals surface area contributed by atoms with Gasteiger partial charge in [-0.05, 0) is 47.4 Å². The Balaban J connectivity index is 1.11. The monoisotopic (exact) mass is 420 g/mol. The van der Waals surface area contributed by atoms with Crippen LogP contribution in [-0.2, 0) is 14.3 Å². The predicted molar refractivity (Wildman–Crippen MR) is 112 cm³/mol. The Kier molecular flexibility index (Phi) is 4.68. The predicted octanol–water partition coefficient (Wildman–Crippen LogP) is 2.89. The molecule has 31 heavy (non-hydrogen) atoms. The first-order chi connectivity index (χ1) is 15.0. The zero-order chi connectivity index (χ0) is 21.6. The second-order valence-corrected chi connectivity index (χ2v) is 8.75. The highest BCUT2D eigenvalue weighted by Gasteiger charge is 2.65. The number of amides is 2. The minimum atomic E-state index is -0.772. The molecule has 0 heterocycles. The van der Waals surface area contributed by atoms with Crippen molar-refractivity contribution in [3.8, 4) is 11.1 Å². The van der Waals surface area contributed by atoms with Crippen LogP contribution in [0.5, 0.6) is 0 Å². The maximum atomic E-state index is 12.2. The molecule has 0 saturated heterocycles. The molecule has 3 aliphatic carbocycles. The van der Waals surface area contributed by atoms with E-state index >= 15 is 0 Å². The van der Waals surface area contributed by atoms with Crippen LogP contribution in [0, 0.1) is 11.3 Å². The minimum absolute atomic E-state index is 0.0376. The van der Waals surface area contributed by atoms with Crippen LogP contribution < -0.4 is 10.6 Å². The first-order valence-corrected chi connectivity index (χ1v) is 10.6. The Bertz CT molecular complexity index is 1020. The summed E-state index contributed by atoms with van der Waals surface area (Å²) in [7, 11) is 0. The zero-order valence-electron chi connectivity index (χ0n) is 17.0. The molecular weight excluding hydrogens is 396 g/mol. The summed E-state index contributed by atoms with van der Waals surface area (Å²) >= 11 is 0. The molecule has 2 saturated carbocycles. The van der Waals surface area contributed by atoms with E-state index in [4.69, 9.17) is 4.74 Å². The van der Waals surface area contributed by atoms with Crippen molar-refractivity contribution in [3.63, 3.8) is 0 Å². The first-order valence-electron chi connectivity index (χ1n) is 10.6. The number of hydrogen-bond acceptors (Lipinski definition) is 4. The molecule has 0 aromatic heterocycles. The van der Waals surface area contributed by atoms with E-state index in [0.717, 1.165) is 22.3 Å². The van der Waals surface area contributed by atoms with Crippen LogP contribution in [-0.4, -0.2) is 42.3 Å². The number of ether oxygens (including phenoxy) is 1. The number of benzene rings is 2. The van der Waals surface area contributed by atoms with E-state index in [2.05, 4.69) is 22.8 Å². The minimum Gasteiger partial charge on any atom is -0.481 e. The van der Waals surface area contributed by atoms with E-state index in [-0.39, 0.29) is 36.9 Å². The summed E-state index contributed by atoms with van der Waals surface area (Å²) < 4.78 is 5.42. The largest absolute Gasteiger partial charge is 0.481 e. The molecule has 7 heteroatoms. The van der Waals surface area contributed by atoms with Gasteiger partial charge >= 0.3 is 12.1 Å². The average Bonchev–Trinajstić information content (AvgIpc) is 3.20. The molecular formula is C24H24N2O5. The van der Waals surface area contributed by atoms with Gasteiger partial charge in [0, 0.05) is 12.0 Å². The molecule has 7 nitrogen and oxygen atoms in total. The number of hydrogen-bond donors (Lipinski definition) is 3. The van der Waals surface area contributed by atoms with E-state index in [1.54, 1.807) is 0 Å². The summed E-state index contributed by atoms with van der Waals surface area (Å²) in [5.41, 5.74) is 3.92. The third-order valence-corrected chi connectivity index (χ3v) is 6.94. The fourth-order valence-electron chi connectivity index (χ4n) is 5.35. The second kappa shape index (κ2) is 7.41. The van der Waals surface area contributed by atoms with Gasteiger partial charge in [-0.15, -0.1) is 0 Å². The van der Waals surface area contributed by atoms with E-state index in [0.29, 0.717) is 19.3 Å². The van der Waals surface area contributed by atoms with Crippen LogP contribution >= 0.6 is 0 Å². The molecule has 2 aromatic carbocycles. The van der Waals surface area contributed by atoms with Gasteiger partial charge in [0.1, 0.15) is 13.2 Å². The van der Waals surface area contributed by atoms with E-state index in [1.807, 2.05) is 36.4 Å². The van der Waals surface area contributed by atoms with Gasteiger partial charge in [-0.25, -0.2) is 4.79 Å². The Morgan fingerprint density at radius 1 is 1.00 bits per heavy atom. The summed E-state index contributed by atoms with van der Waals surface area (Å²) in [4.78, 5) is 35.7. The normalized spacial score (nSPS) is 25.2. The lowest BCUT2D eigenvalue weighted by molar-refractivity contribution is -0.143. The Morgan fingerprint density at radius 3 is 2.26 bits per heavy atom. The summed E-state index contributed by atoms with van der Waals surface area (Å²) in [6.07, 6.45) is 1.20. The van der Waals surface area contributed by atoms with Crippen LogP contribution in [0.1, 0.15) is 36.3 Å². The van der Waals surface area contributed by atoms with Gasteiger partial charge in [-0.2, -0.15) is 0 Å². The highest BCUT2D eigenvalue weighted by atomic mass is 16.5. The third-order valence-electron chi connectivity index (χ3n) is 6.94. The standard InChI is InChI=1S/C24H24N2O5/c27-21(26-15-9-14-10-24(14,11-15)22(28)29)12-25-23(30)31-13-20-18-7-3-1-5-16(18)17-6-2-4-8-19(17)20/h1-8,14-15,20H,9-13H2,(H,25,30)(H,26,27)(H,28,29)/t14-,15+,24+/m0/s1. The van der Waals surface area contributed by atoms with Crippen molar-refractivity contribution in [2.75, 3.05) is 13.2 Å². The maximum absolute atomic E-state index is 12.2. The van der Waals surface area contributed by atoms with Crippen LogP contribution in [0.2, 0.25) is 0 Å². The lowest BCUT2D eigenvalue weighted by atomic mass is 9.98. The molecule has 2 amide bonds. The zero-order valence-corrected chi connectivity index (χ0v) is 17.0. The molecule has 3 N–H and O–H groups in total. The highest BCUT2D eigenvalue weighted by Crippen LogP contribution is 2.63. The molecule has 0 bridgehead atoms. The van der Waals surface area contributed by atoms with Gasteiger partial charge in [0.2, 0.25) is 5.91 Å². The van der Waals surface area contributed by atoms with Crippen molar-refractivity contribution in [1.82, 2.24) is 10.6 Å². The molecule has 0 radical (unpaired) electrons. The van der Waals surface area contributed by atoms with Crippen LogP contribution in [0.25, 0.3) is 11.1 Å². The third kappa shape index (κ3) is 3.44. The number of carbonyl (C=O) groups is 3. The lowest BCUT2D eigenvalue weighted by Crippen LogP contribution is -2.42. The van der Waals surface area contributed by atoms with E-state index in [1.165, 1.54) is 0 Å². The number of carboxylic acid groups (broad SMARTS) is 1. The van der Waals surface area contributed by atoms with Gasteiger partial charge < -0.3 is 20.5 Å². The fourth-order valence-corrected chi connectivity index (χ4v) is 5.35. The van der Waals surface area contributed by atoms with Crippen molar-refractivity contribution in [1.29, 1.82) is 0 Å². The molecule has 5 rings (SSSR count). The summed E-state index contributed by atoms with van der Waals surface area (Å²) in [6, 6.07) is 16.0. The van der Waals surface area contributed by atoms with Gasteiger partial charge in [0.05, 0.1) is 5.41 Å². The van der Waals surface area contributed by atoms with Crippen LogP contribution in [0.3, 0.4) is 0 Å². The average molecular weight is 420 g/mol. The van der Waals surface area contributed by atoms with E-state index < -0.39 is 17.5 Å². The van der Waals surface area contributed by atoms with Gasteiger partial charge in [0.15, 0.2) is 0 Å². The molecule has 0 aliphatic heterocycles. The molecule has 2 aromatic rings. The number of carboxylic acids is 1. The van der Waals surface area contributed by atoms with Crippen molar-refractivity contribution in [2.24, 2.45) is 11.3 Å². The van der Waals surface area contributed by atoms with Crippen molar-refractivity contribution in [2.45, 2.75) is 31.2 Å². The van der Waals surface area contributed by atoms with E-state index in [9.17, 15) is 19.5 Å². The van der Waals surface area contributed by atoms with Crippen LogP contribution in [0.4, 0.5) is 4.79 Å². The molecule has 160 valence electrons. The number of rotatable bonds is 6. The molecule has 0 spiro atoms. The number of carbonyl (C=O) groups excluding carboxylic acids is 2. The molecule has 3 atom stereocenters. The number of aliphatic carboxylic acids is 1. The molecule has 0 unspecified atom stereocenters. The van der Waals surface area contributed by atoms with Crippen LogP contribution in [0.15, 0.2) is 48.5 Å². The number of nitrogens with one attached hydrogen (secondary N) is 2. The topological polar surface area (TPSA) is 105 Å². The number of alkyl carbamates (subject to hydrolysis) is 1. The quantitative estimate of drug-likeness (QED) is 0.667. The molecule has 3 aliphatic rings. The Labute approximate surface area is 179 Å². The van der Waals surface area contributed by atoms with Gasteiger partial charge in [-0.3, -0.25) is 9.59 Å². The van der Waals surface area contributed by atoms with Crippen molar-refractivity contribution >= 4 is 18.0 Å². The smallest absolute Gasteiger partial charge is 0.407 e. The summed E-state index contributed by atoms with van der Waals surface area (Å²) in [6.45, 7) is -0.00910. The molecule has 2 fully saturated rings. The lowest BCUT2D eigenvalue weighted by Gasteiger charge is -2.17. The first kappa shape index (κ1) is 19.6. The second-order valence-electron chi connectivity index (χ2n) is 8.75. The summed E-state index contributed by atoms with van der Waals surface area (Å²) in [5.74, 6) is -0.985. The van der Waals surface area contributed by atoms with Gasteiger partial charge in [-0.1, -0.05) is 48.5 Å². The van der Waals surface area contributed by atoms with Gasteiger partial charge in [0.25, 0.3) is 0 Å². The number of fused-ring (bicyclic) bond motifs is 4. The SMILES string of the molecule is O=C(CNC(=O)OCC1c2ccccc2-c2ccccc21)N[C@@H]1C[C@H]2C[C@@]2(C(=O)O)C1. The maximum Gasteiger partial charge on any atom is 0.407 e. The van der Waals surface area contributed by atoms with Crippen molar-refractivity contribution < 1.29 is 24.2 Å². The van der Waals surface area contributed by atoms with Crippen molar-refractivity contribution in [3.05, 3.63) is 59.7 Å².